The third-order valence-corrected chi connectivity index (χ3v) is 19.4. The number of nitrogens with zero attached hydrogens (tertiary/aromatic N) is 2. The van der Waals surface area contributed by atoms with E-state index in [4.69, 9.17) is 16.4 Å². The topological polar surface area (TPSA) is 34.5 Å². The summed E-state index contributed by atoms with van der Waals surface area (Å²) >= 11 is 3.74. The molecule has 1 unspecified atom stereocenters. The fourth-order valence-electron chi connectivity index (χ4n) is 4.18. The second-order valence-corrected chi connectivity index (χ2v) is 18.7. The van der Waals surface area contributed by atoms with Crippen LogP contribution in [0.1, 0.15) is 38.4 Å². The van der Waals surface area contributed by atoms with Crippen molar-refractivity contribution in [3.63, 3.8) is 0 Å². The normalized spacial score (nSPS) is 20.2. The number of benzene rings is 1. The first-order valence-corrected chi connectivity index (χ1v) is 14.9. The summed E-state index contributed by atoms with van der Waals surface area (Å²) in [7, 11) is 0. The van der Waals surface area contributed by atoms with E-state index in [0.717, 1.165) is 22.8 Å². The van der Waals surface area contributed by atoms with Gasteiger partial charge in [-0.25, -0.2) is 0 Å². The Bertz CT molecular complexity index is 736. The van der Waals surface area contributed by atoms with Gasteiger partial charge in [-0.1, -0.05) is 0 Å². The Morgan fingerprint density at radius 3 is 2.28 bits per heavy atom. The fraction of sp³-hybridized carbons (Fsp3) is 0.400. The van der Waals surface area contributed by atoms with Crippen LogP contribution in [0.5, 0.6) is 0 Å². The summed E-state index contributed by atoms with van der Waals surface area (Å²) in [6.45, 7) is 6.98. The third-order valence-electron chi connectivity index (χ3n) is 5.89. The predicted octanol–water partition coefficient (Wildman–Crippen LogP) is 5.80. The van der Waals surface area contributed by atoms with Crippen LogP contribution < -0.4 is 0 Å². The van der Waals surface area contributed by atoms with Gasteiger partial charge >= 0.3 is 158 Å². The standard InChI is InChI=1S/C20H25ClGeN2O/c1-4-22(5-2,6-3)20(16-10-12-17(21)13-11-16)15-19(24-25-20)18-9-7-8-14-23-18/h7-14H,4-6,15H2,1-3H3. The van der Waals surface area contributed by atoms with Gasteiger partial charge in [-0.05, 0) is 0 Å². The number of oxime groups is 1. The molecule has 1 aliphatic rings. The molecule has 1 atom stereocenters. The van der Waals surface area contributed by atoms with Crippen LogP contribution in [0.3, 0.4) is 0 Å². The van der Waals surface area contributed by atoms with Gasteiger partial charge in [0.25, 0.3) is 0 Å². The summed E-state index contributed by atoms with van der Waals surface area (Å²) < 4.78 is -0.296. The molecule has 3 nitrogen and oxygen atoms in total. The average Bonchev–Trinajstić information content (AvgIpc) is 3.12. The Morgan fingerprint density at radius 2 is 1.72 bits per heavy atom. The van der Waals surface area contributed by atoms with Gasteiger partial charge in [-0.2, -0.15) is 0 Å². The van der Waals surface area contributed by atoms with Crippen LogP contribution in [0.2, 0.25) is 20.8 Å². The summed E-state index contributed by atoms with van der Waals surface area (Å²) in [6.07, 6.45) is 2.62. The second-order valence-electron chi connectivity index (χ2n) is 6.70. The molecule has 132 valence electrons. The Kier molecular flexibility index (Phi) is 5.54. The molecule has 1 aromatic carbocycles. The van der Waals surface area contributed by atoms with E-state index >= 15 is 0 Å². The Labute approximate surface area is 157 Å². The van der Waals surface area contributed by atoms with Crippen LogP contribution in [-0.2, 0) is 9.27 Å². The van der Waals surface area contributed by atoms with Crippen LogP contribution in [0.15, 0.2) is 53.8 Å². The first-order valence-electron chi connectivity index (χ1n) is 9.03. The first-order chi connectivity index (χ1) is 12.1. The van der Waals surface area contributed by atoms with E-state index in [1.165, 1.54) is 21.3 Å². The molecule has 5 heteroatoms. The van der Waals surface area contributed by atoms with Crippen molar-refractivity contribution in [1.82, 2.24) is 4.98 Å². The molecule has 0 fully saturated rings. The van der Waals surface area contributed by atoms with Gasteiger partial charge in [0.2, 0.25) is 0 Å². The maximum absolute atomic E-state index is 6.36. The number of halogens is 1. The van der Waals surface area contributed by atoms with Crippen LogP contribution in [0, 0.1) is 0 Å². The monoisotopic (exact) mass is 418 g/mol. The van der Waals surface area contributed by atoms with Crippen molar-refractivity contribution in [3.05, 3.63) is 64.9 Å². The Hall–Kier alpha value is -1.33. The molecule has 0 bridgehead atoms. The maximum atomic E-state index is 6.36. The molecule has 0 radical (unpaired) electrons. The van der Waals surface area contributed by atoms with Gasteiger partial charge in [-0.3, -0.25) is 0 Å². The van der Waals surface area contributed by atoms with E-state index in [2.05, 4.69) is 43.0 Å². The summed E-state index contributed by atoms with van der Waals surface area (Å²) in [5.74, 6) is 0. The van der Waals surface area contributed by atoms with Crippen molar-refractivity contribution in [1.29, 1.82) is 0 Å². The van der Waals surface area contributed by atoms with Gasteiger partial charge in [0, 0.05) is 0 Å². The molecule has 2 aromatic rings. The van der Waals surface area contributed by atoms with E-state index in [1.807, 2.05) is 36.5 Å². The molecule has 25 heavy (non-hydrogen) atoms. The fourth-order valence-corrected chi connectivity index (χ4v) is 14.3. The molecule has 0 spiro atoms. The van der Waals surface area contributed by atoms with Crippen molar-refractivity contribution in [2.75, 3.05) is 0 Å². The molecule has 2 heterocycles. The first kappa shape index (κ1) is 18.5. The SMILES string of the molecule is C[CH2][Ge]([CH2]C)([CH2]C)[C]1(c2ccc(Cl)cc2)CC(c2ccccn2)=NO1. The number of hydrogen-bond donors (Lipinski definition) is 0. The molecule has 1 aromatic heterocycles. The minimum atomic E-state index is -2.40. The zero-order chi connectivity index (χ0) is 17.9. The van der Waals surface area contributed by atoms with Gasteiger partial charge in [0.05, 0.1) is 0 Å². The molecule has 0 N–H and O–H groups in total. The molecule has 0 aliphatic carbocycles. The van der Waals surface area contributed by atoms with E-state index in [-0.39, 0.29) is 4.43 Å². The van der Waals surface area contributed by atoms with Crippen LogP contribution in [-0.4, -0.2) is 24.0 Å². The molecule has 0 saturated heterocycles. The summed E-state index contributed by atoms with van der Waals surface area (Å²) in [6, 6.07) is 14.1. The Morgan fingerprint density at radius 1 is 1.04 bits per heavy atom. The van der Waals surface area contributed by atoms with E-state index in [1.54, 1.807) is 0 Å². The van der Waals surface area contributed by atoms with Gasteiger partial charge in [0.1, 0.15) is 0 Å². The van der Waals surface area contributed by atoms with Crippen molar-refractivity contribution < 1.29 is 4.84 Å². The van der Waals surface area contributed by atoms with Crippen molar-refractivity contribution in [2.24, 2.45) is 5.16 Å². The van der Waals surface area contributed by atoms with E-state index < -0.39 is 13.3 Å². The zero-order valence-corrected chi connectivity index (χ0v) is 18.0. The predicted molar refractivity (Wildman–Crippen MR) is 107 cm³/mol. The van der Waals surface area contributed by atoms with E-state index in [0.29, 0.717) is 0 Å². The molecular weight excluding hydrogens is 392 g/mol. The third kappa shape index (κ3) is 3.13. The number of aromatic nitrogens is 1. The molecule has 0 amide bonds. The molecular formula is C20H25ClGeN2O. The number of pyridine rings is 1. The van der Waals surface area contributed by atoms with Gasteiger partial charge in [-0.15, -0.1) is 0 Å². The minimum absolute atomic E-state index is 0.296. The number of hydrogen-bond acceptors (Lipinski definition) is 3. The molecule has 1 aliphatic heterocycles. The Balaban J connectivity index is 2.08. The van der Waals surface area contributed by atoms with Crippen LogP contribution in [0.4, 0.5) is 0 Å². The molecule has 0 saturated carbocycles. The zero-order valence-electron chi connectivity index (χ0n) is 15.1. The number of rotatable bonds is 6. The summed E-state index contributed by atoms with van der Waals surface area (Å²) in [4.78, 5) is 10.8. The van der Waals surface area contributed by atoms with Gasteiger partial charge < -0.3 is 0 Å². The van der Waals surface area contributed by atoms with Gasteiger partial charge in [0.15, 0.2) is 0 Å². The summed E-state index contributed by atoms with van der Waals surface area (Å²) in [5, 5.41) is 8.92. The van der Waals surface area contributed by atoms with Crippen LogP contribution in [0.25, 0.3) is 0 Å². The van der Waals surface area contributed by atoms with Crippen molar-refractivity contribution >= 4 is 30.6 Å². The van der Waals surface area contributed by atoms with E-state index in [9.17, 15) is 0 Å². The quantitative estimate of drug-likeness (QED) is 0.557. The van der Waals surface area contributed by atoms with Crippen molar-refractivity contribution in [3.8, 4) is 0 Å². The summed E-state index contributed by atoms with van der Waals surface area (Å²) in [5.41, 5.74) is 3.09. The molecule has 3 rings (SSSR count). The second kappa shape index (κ2) is 7.50. The van der Waals surface area contributed by atoms with Crippen molar-refractivity contribution in [2.45, 2.75) is 47.4 Å². The average molecular weight is 417 g/mol. The van der Waals surface area contributed by atoms with Crippen LogP contribution >= 0.6 is 11.6 Å².